The number of pyridine rings is 1. The molecule has 0 spiro atoms. The fourth-order valence-corrected chi connectivity index (χ4v) is 1.93. The number of rotatable bonds is 2. The number of Topliss-reactive ketones (excluding diaryl/α,β-unsaturated/α-hetero) is 1. The van der Waals surface area contributed by atoms with E-state index in [4.69, 9.17) is 0 Å². The maximum atomic E-state index is 11.5. The van der Waals surface area contributed by atoms with Gasteiger partial charge >= 0.3 is 0 Å². The Morgan fingerprint density at radius 3 is 2.59 bits per heavy atom. The summed E-state index contributed by atoms with van der Waals surface area (Å²) in [6, 6.07) is 9.87. The number of benzene rings is 1. The van der Waals surface area contributed by atoms with Crippen LogP contribution in [-0.4, -0.2) is 10.8 Å². The molecule has 0 bridgehead atoms. The number of aromatic nitrogens is 1. The van der Waals surface area contributed by atoms with Crippen LogP contribution >= 0.6 is 0 Å². The highest BCUT2D eigenvalue weighted by molar-refractivity contribution is 5.95. The summed E-state index contributed by atoms with van der Waals surface area (Å²) in [5.41, 5.74) is 4.96. The molecule has 86 valence electrons. The average Bonchev–Trinajstić information content (AvgIpc) is 2.28. The van der Waals surface area contributed by atoms with Crippen molar-refractivity contribution in [3.05, 3.63) is 53.3 Å². The molecule has 0 atom stereocenters. The molecule has 0 N–H and O–H groups in total. The number of carbonyl (C=O) groups is 1. The first kappa shape index (κ1) is 11.5. The molecule has 0 radical (unpaired) electrons. The zero-order valence-electron chi connectivity index (χ0n) is 10.3. The van der Waals surface area contributed by atoms with Crippen LogP contribution in [0.15, 0.2) is 36.5 Å². The summed E-state index contributed by atoms with van der Waals surface area (Å²) < 4.78 is 0. The lowest BCUT2D eigenvalue weighted by Gasteiger charge is -2.08. The molecule has 2 aromatic rings. The van der Waals surface area contributed by atoms with Crippen LogP contribution < -0.4 is 0 Å². The Bertz CT molecular complexity index is 573. The van der Waals surface area contributed by atoms with Crippen molar-refractivity contribution in [3.8, 4) is 11.1 Å². The van der Waals surface area contributed by atoms with Gasteiger partial charge in [0, 0.05) is 23.0 Å². The third-order valence-electron chi connectivity index (χ3n) is 2.80. The average molecular weight is 225 g/mol. The second-order valence-corrected chi connectivity index (χ2v) is 4.28. The summed E-state index contributed by atoms with van der Waals surface area (Å²) in [6.07, 6.45) is 1.78. The van der Waals surface area contributed by atoms with Crippen molar-refractivity contribution in [1.29, 1.82) is 0 Å². The quantitative estimate of drug-likeness (QED) is 0.731. The molecule has 1 aromatic heterocycles. The predicted octanol–water partition coefficient (Wildman–Crippen LogP) is 3.57. The first-order valence-electron chi connectivity index (χ1n) is 5.62. The third-order valence-corrected chi connectivity index (χ3v) is 2.80. The van der Waals surface area contributed by atoms with Gasteiger partial charge in [-0.1, -0.05) is 12.1 Å². The van der Waals surface area contributed by atoms with Crippen LogP contribution in [0.2, 0.25) is 0 Å². The zero-order valence-corrected chi connectivity index (χ0v) is 10.3. The van der Waals surface area contributed by atoms with Gasteiger partial charge in [0.25, 0.3) is 0 Å². The number of carbonyl (C=O) groups excluding carboxylic acids is 1. The molecule has 0 saturated heterocycles. The molecule has 0 unspecified atom stereocenters. The van der Waals surface area contributed by atoms with Gasteiger partial charge in [0.2, 0.25) is 0 Å². The van der Waals surface area contributed by atoms with Gasteiger partial charge < -0.3 is 0 Å². The Labute approximate surface area is 101 Å². The summed E-state index contributed by atoms with van der Waals surface area (Å²) >= 11 is 0. The number of ketones is 1. The highest BCUT2D eigenvalue weighted by Crippen LogP contribution is 2.24. The number of hydrogen-bond donors (Lipinski definition) is 0. The van der Waals surface area contributed by atoms with Gasteiger partial charge in [-0.2, -0.15) is 0 Å². The van der Waals surface area contributed by atoms with E-state index in [-0.39, 0.29) is 5.78 Å². The SMILES string of the molecule is CC(=O)c1cc(C)cc(-c2cccnc2C)c1. The standard InChI is InChI=1S/C15H15NO/c1-10-7-13(12(3)17)9-14(8-10)15-5-4-6-16-11(15)2/h4-9H,1-3H3. The Balaban J connectivity index is 2.60. The van der Waals surface area contributed by atoms with E-state index in [1.54, 1.807) is 13.1 Å². The lowest BCUT2D eigenvalue weighted by atomic mass is 9.98. The molecule has 0 fully saturated rings. The maximum Gasteiger partial charge on any atom is 0.159 e. The Morgan fingerprint density at radius 1 is 1.18 bits per heavy atom. The first-order valence-corrected chi connectivity index (χ1v) is 5.62. The molecule has 1 aromatic carbocycles. The van der Waals surface area contributed by atoms with Gasteiger partial charge in [0.15, 0.2) is 5.78 Å². The largest absolute Gasteiger partial charge is 0.295 e. The van der Waals surface area contributed by atoms with Gasteiger partial charge in [-0.15, -0.1) is 0 Å². The second-order valence-electron chi connectivity index (χ2n) is 4.28. The zero-order chi connectivity index (χ0) is 12.4. The smallest absolute Gasteiger partial charge is 0.159 e. The minimum atomic E-state index is 0.0940. The van der Waals surface area contributed by atoms with Crippen LogP contribution in [0.4, 0.5) is 0 Å². The summed E-state index contributed by atoms with van der Waals surface area (Å²) in [6.45, 7) is 5.57. The van der Waals surface area contributed by atoms with E-state index >= 15 is 0 Å². The van der Waals surface area contributed by atoms with Crippen LogP contribution in [-0.2, 0) is 0 Å². The number of hydrogen-bond acceptors (Lipinski definition) is 2. The van der Waals surface area contributed by atoms with E-state index in [0.29, 0.717) is 0 Å². The van der Waals surface area contributed by atoms with Crippen molar-refractivity contribution in [2.75, 3.05) is 0 Å². The molecule has 2 rings (SSSR count). The van der Waals surface area contributed by atoms with Gasteiger partial charge in [0.05, 0.1) is 0 Å². The van der Waals surface area contributed by atoms with Crippen molar-refractivity contribution >= 4 is 5.78 Å². The fraction of sp³-hybridized carbons (Fsp3) is 0.200. The molecule has 0 saturated carbocycles. The monoisotopic (exact) mass is 225 g/mol. The molecule has 0 aliphatic carbocycles. The van der Waals surface area contributed by atoms with Crippen molar-refractivity contribution in [1.82, 2.24) is 4.98 Å². The van der Waals surface area contributed by atoms with Crippen molar-refractivity contribution in [2.24, 2.45) is 0 Å². The van der Waals surface area contributed by atoms with E-state index in [2.05, 4.69) is 11.1 Å². The predicted molar refractivity (Wildman–Crippen MR) is 69.2 cm³/mol. The third kappa shape index (κ3) is 2.41. The van der Waals surface area contributed by atoms with Gasteiger partial charge in [-0.3, -0.25) is 9.78 Å². The van der Waals surface area contributed by atoms with Crippen molar-refractivity contribution in [3.63, 3.8) is 0 Å². The highest BCUT2D eigenvalue weighted by Gasteiger charge is 2.06. The van der Waals surface area contributed by atoms with Gasteiger partial charge in [-0.25, -0.2) is 0 Å². The summed E-state index contributed by atoms with van der Waals surface area (Å²) in [5.74, 6) is 0.0940. The van der Waals surface area contributed by atoms with Gasteiger partial charge in [0.1, 0.15) is 0 Å². The number of aryl methyl sites for hydroxylation is 2. The minimum Gasteiger partial charge on any atom is -0.295 e. The highest BCUT2D eigenvalue weighted by atomic mass is 16.1. The minimum absolute atomic E-state index is 0.0940. The number of nitrogens with zero attached hydrogens (tertiary/aromatic N) is 1. The van der Waals surface area contributed by atoms with Gasteiger partial charge in [-0.05, 0) is 50.1 Å². The first-order chi connectivity index (χ1) is 8.08. The molecular weight excluding hydrogens is 210 g/mol. The van der Waals surface area contributed by atoms with Crippen molar-refractivity contribution in [2.45, 2.75) is 20.8 Å². The molecule has 0 aliphatic rings. The molecule has 2 heteroatoms. The maximum absolute atomic E-state index is 11.5. The summed E-state index contributed by atoms with van der Waals surface area (Å²) in [7, 11) is 0. The van der Waals surface area contributed by atoms with Crippen molar-refractivity contribution < 1.29 is 4.79 Å². The Kier molecular flexibility index (Phi) is 3.05. The van der Waals surface area contributed by atoms with E-state index in [1.807, 2.05) is 38.1 Å². The van der Waals surface area contributed by atoms with E-state index in [1.165, 1.54) is 0 Å². The van der Waals surface area contributed by atoms with E-state index < -0.39 is 0 Å². The molecule has 1 heterocycles. The Morgan fingerprint density at radius 2 is 1.94 bits per heavy atom. The summed E-state index contributed by atoms with van der Waals surface area (Å²) in [5, 5.41) is 0. The molecule has 2 nitrogen and oxygen atoms in total. The van der Waals surface area contributed by atoms with Crippen LogP contribution in [0, 0.1) is 13.8 Å². The molecular formula is C15H15NO. The lowest BCUT2D eigenvalue weighted by Crippen LogP contribution is -1.95. The van der Waals surface area contributed by atoms with Crippen LogP contribution in [0.1, 0.15) is 28.5 Å². The van der Waals surface area contributed by atoms with E-state index in [9.17, 15) is 4.79 Å². The lowest BCUT2D eigenvalue weighted by molar-refractivity contribution is 0.101. The normalized spacial score (nSPS) is 10.3. The molecule has 0 aliphatic heterocycles. The molecule has 0 amide bonds. The second kappa shape index (κ2) is 4.50. The molecule has 17 heavy (non-hydrogen) atoms. The van der Waals surface area contributed by atoms with Crippen LogP contribution in [0.3, 0.4) is 0 Å². The Hall–Kier alpha value is -1.96. The topological polar surface area (TPSA) is 30.0 Å². The summed E-state index contributed by atoms with van der Waals surface area (Å²) in [4.78, 5) is 15.7. The van der Waals surface area contributed by atoms with Crippen LogP contribution in [0.25, 0.3) is 11.1 Å². The van der Waals surface area contributed by atoms with Crippen LogP contribution in [0.5, 0.6) is 0 Å². The van der Waals surface area contributed by atoms with E-state index in [0.717, 1.165) is 27.9 Å². The fourth-order valence-electron chi connectivity index (χ4n) is 1.93.